The molecule has 7 heterocycles. The van der Waals surface area contributed by atoms with Crippen LogP contribution >= 0.6 is 7.82 Å². The Balaban J connectivity index is 1.17. The van der Waals surface area contributed by atoms with Crippen molar-refractivity contribution in [2.75, 3.05) is 18.1 Å². The average molecular weight is 606 g/mol. The van der Waals surface area contributed by atoms with E-state index in [1.807, 2.05) is 0 Å². The molecule has 19 nitrogen and oxygen atoms in total. The van der Waals surface area contributed by atoms with Gasteiger partial charge in [-0.3, -0.25) is 23.4 Å². The minimum absolute atomic E-state index is 0.0391. The first kappa shape index (κ1) is 27.3. The molecule has 3 fully saturated rings. The van der Waals surface area contributed by atoms with Gasteiger partial charge < -0.3 is 36.0 Å². The topological polar surface area (TPSA) is 273 Å². The summed E-state index contributed by atoms with van der Waals surface area (Å²) in [6, 6.07) is 0. The van der Waals surface area contributed by atoms with Crippen molar-refractivity contribution in [3.05, 3.63) is 34.9 Å². The molecule has 3 saturated heterocycles. The lowest BCUT2D eigenvalue weighted by molar-refractivity contribution is -0.0431. The number of phosphoric ester groups is 1. The second-order valence-electron chi connectivity index (χ2n) is 10.4. The number of hydrogen-bond acceptors (Lipinski definition) is 15. The van der Waals surface area contributed by atoms with E-state index in [-0.39, 0.29) is 22.9 Å². The number of nitrogens with zero attached hydrogens (tertiary/aromatic N) is 7. The summed E-state index contributed by atoms with van der Waals surface area (Å²) in [5.74, 6) is -0.550. The van der Waals surface area contributed by atoms with Crippen molar-refractivity contribution in [2.24, 2.45) is 5.92 Å². The summed E-state index contributed by atoms with van der Waals surface area (Å²) in [5, 5.41) is 26.6. The number of rotatable bonds is 2. The third-order valence-corrected chi connectivity index (χ3v) is 8.90. The van der Waals surface area contributed by atoms with E-state index in [1.54, 1.807) is 0 Å². The second kappa shape index (κ2) is 10.0. The van der Waals surface area contributed by atoms with E-state index >= 15 is 0 Å². The number of phosphoric acid groups is 1. The van der Waals surface area contributed by atoms with Gasteiger partial charge >= 0.3 is 7.82 Å². The van der Waals surface area contributed by atoms with Crippen LogP contribution in [0.2, 0.25) is 0 Å². The van der Waals surface area contributed by atoms with Gasteiger partial charge in [-0.15, -0.1) is 0 Å². The highest BCUT2D eigenvalue weighted by atomic mass is 31.2. The highest BCUT2D eigenvalue weighted by Crippen LogP contribution is 2.51. The Hall–Kier alpha value is -3.55. The lowest BCUT2D eigenvalue weighted by Crippen LogP contribution is -2.35. The Morgan fingerprint density at radius 1 is 1.07 bits per heavy atom. The fraction of sp³-hybridized carbons (Fsp3) is 0.545. The lowest BCUT2D eigenvalue weighted by Gasteiger charge is -2.26. The Morgan fingerprint density at radius 3 is 2.74 bits per heavy atom. The van der Waals surface area contributed by atoms with Crippen LogP contribution in [0.3, 0.4) is 0 Å². The first-order valence-electron chi connectivity index (χ1n) is 13.1. The number of nitrogens with two attached hydrogens (primary N) is 2. The summed E-state index contributed by atoms with van der Waals surface area (Å²) >= 11 is 0. The summed E-state index contributed by atoms with van der Waals surface area (Å²) in [6.07, 6.45) is -2.37. The predicted octanol–water partition coefficient (Wildman–Crippen LogP) is -1.22. The summed E-state index contributed by atoms with van der Waals surface area (Å²) in [5.41, 5.74) is 11.7. The van der Waals surface area contributed by atoms with Crippen molar-refractivity contribution in [3.63, 3.8) is 0 Å². The van der Waals surface area contributed by atoms with Gasteiger partial charge in [-0.05, 0) is 12.8 Å². The van der Waals surface area contributed by atoms with Crippen molar-refractivity contribution >= 4 is 36.4 Å². The van der Waals surface area contributed by atoms with E-state index in [2.05, 4.69) is 30.0 Å². The SMILES string of the molecule is Nc1nc2c(ncn2[C@@H]2O[C@@H]3CCC[C@H]4[C@@H](O)[C@H](c5cnc6c(N)ncnn56)O[C@@H]4COP(=O)(O)O[C@@H]2[C@@H]3O)c(=O)[nH]1. The molecular formula is C22H27N10O9P. The zero-order valence-electron chi connectivity index (χ0n) is 21.7. The Bertz CT molecular complexity index is 1760. The smallest absolute Gasteiger partial charge is 0.390 e. The van der Waals surface area contributed by atoms with Crippen LogP contribution in [0.25, 0.3) is 16.8 Å². The van der Waals surface area contributed by atoms with E-state index in [4.69, 9.17) is 30.0 Å². The van der Waals surface area contributed by atoms with Gasteiger partial charge in [-0.1, -0.05) is 6.42 Å². The monoisotopic (exact) mass is 606 g/mol. The zero-order chi connectivity index (χ0) is 29.3. The van der Waals surface area contributed by atoms with Gasteiger partial charge in [0, 0.05) is 5.92 Å². The average Bonchev–Trinajstić information content (AvgIpc) is 3.69. The Labute approximate surface area is 235 Å². The number of nitrogens with one attached hydrogen (secondary N) is 1. The van der Waals surface area contributed by atoms with Crippen molar-refractivity contribution in [1.82, 2.24) is 39.1 Å². The number of nitrogen functional groups attached to an aromatic ring is 2. The van der Waals surface area contributed by atoms with Gasteiger partial charge in [-0.25, -0.2) is 24.0 Å². The molecule has 42 heavy (non-hydrogen) atoms. The number of fused-ring (bicyclic) bond motifs is 5. The fourth-order valence-electron chi connectivity index (χ4n) is 5.95. The molecule has 2 bridgehead atoms. The summed E-state index contributed by atoms with van der Waals surface area (Å²) in [7, 11) is -4.84. The molecular weight excluding hydrogens is 579 g/mol. The molecule has 0 saturated carbocycles. The van der Waals surface area contributed by atoms with Crippen molar-refractivity contribution in [1.29, 1.82) is 0 Å². The van der Waals surface area contributed by atoms with E-state index in [9.17, 15) is 24.5 Å². The molecule has 224 valence electrons. The first-order valence-corrected chi connectivity index (χ1v) is 14.6. The number of aliphatic hydroxyl groups is 2. The quantitative estimate of drug-likeness (QED) is 0.146. The maximum atomic E-state index is 13.1. The molecule has 1 unspecified atom stereocenters. The third kappa shape index (κ3) is 4.45. The number of aliphatic hydroxyl groups excluding tert-OH is 2. The zero-order valence-corrected chi connectivity index (χ0v) is 22.6. The number of aromatic nitrogens is 8. The molecule has 8 N–H and O–H groups in total. The van der Waals surface area contributed by atoms with Gasteiger partial charge in [0.1, 0.15) is 24.6 Å². The first-order chi connectivity index (χ1) is 20.1. The molecule has 0 spiro atoms. The van der Waals surface area contributed by atoms with Crippen LogP contribution in [-0.4, -0.2) is 91.3 Å². The number of H-pyrrole nitrogens is 1. The molecule has 4 aromatic heterocycles. The minimum atomic E-state index is -4.84. The van der Waals surface area contributed by atoms with Crippen LogP contribution < -0.4 is 17.0 Å². The highest BCUT2D eigenvalue weighted by molar-refractivity contribution is 7.47. The molecule has 3 aliphatic rings. The lowest BCUT2D eigenvalue weighted by atomic mass is 9.89. The molecule has 0 radical (unpaired) electrons. The van der Waals surface area contributed by atoms with Crippen LogP contribution in [0, 0.1) is 5.92 Å². The van der Waals surface area contributed by atoms with E-state index < -0.39 is 68.8 Å². The maximum absolute atomic E-state index is 13.1. The number of ether oxygens (including phenoxy) is 2. The molecule has 0 amide bonds. The van der Waals surface area contributed by atoms with Gasteiger partial charge in [0.2, 0.25) is 5.95 Å². The molecule has 9 atom stereocenters. The normalized spacial score (nSPS) is 35.7. The van der Waals surface area contributed by atoms with Gasteiger partial charge in [0.25, 0.3) is 5.56 Å². The van der Waals surface area contributed by atoms with Gasteiger partial charge in [0.05, 0.1) is 43.1 Å². The van der Waals surface area contributed by atoms with Crippen molar-refractivity contribution in [3.8, 4) is 0 Å². The molecule has 7 rings (SSSR count). The summed E-state index contributed by atoms with van der Waals surface area (Å²) < 4.78 is 38.9. The molecule has 3 aliphatic heterocycles. The number of hydrogen-bond donors (Lipinski definition) is 6. The van der Waals surface area contributed by atoms with Crippen LogP contribution in [-0.2, 0) is 23.1 Å². The Kier molecular flexibility index (Phi) is 6.51. The standard InChI is InChI=1S/C22H27N10O9P/c23-17-19-25-4-9(32(19)28-6-26-17)15-13(33)8-2-1-3-10-14(34)16(41-42(36,37)38-5-11(8)39-15)21(40-10)31-7-27-12-18(31)29-22(24)30-20(12)35/h4,6-8,10-11,13-16,21,33-34H,1-3,5H2,(H,36,37)(H2,23,26,28)(H3,24,29,30,35)/t8-,10-,11-,13-,14-,15+,16-,21-/m1/s1. The number of imidazole rings is 2. The highest BCUT2D eigenvalue weighted by Gasteiger charge is 2.51. The molecule has 20 heteroatoms. The van der Waals surface area contributed by atoms with E-state index in [0.717, 1.165) is 0 Å². The van der Waals surface area contributed by atoms with Crippen molar-refractivity contribution < 1.29 is 38.2 Å². The van der Waals surface area contributed by atoms with Gasteiger partial charge in [-0.2, -0.15) is 10.1 Å². The molecule has 0 aliphatic carbocycles. The van der Waals surface area contributed by atoms with Crippen LogP contribution in [0.4, 0.5) is 11.8 Å². The minimum Gasteiger partial charge on any atom is -0.390 e. The molecule has 0 aromatic carbocycles. The van der Waals surface area contributed by atoms with Crippen LogP contribution in [0.15, 0.2) is 23.6 Å². The maximum Gasteiger partial charge on any atom is 0.472 e. The van der Waals surface area contributed by atoms with Crippen LogP contribution in [0.5, 0.6) is 0 Å². The summed E-state index contributed by atoms with van der Waals surface area (Å²) in [4.78, 5) is 41.6. The summed E-state index contributed by atoms with van der Waals surface area (Å²) in [6.45, 7) is -0.404. The molecule has 4 aromatic rings. The fourth-order valence-corrected chi connectivity index (χ4v) is 6.89. The predicted molar refractivity (Wildman–Crippen MR) is 139 cm³/mol. The van der Waals surface area contributed by atoms with Crippen LogP contribution in [0.1, 0.15) is 37.3 Å². The van der Waals surface area contributed by atoms with E-state index in [1.165, 1.54) is 27.9 Å². The van der Waals surface area contributed by atoms with E-state index in [0.29, 0.717) is 30.6 Å². The number of aromatic amines is 1. The van der Waals surface area contributed by atoms with Gasteiger partial charge in [0.15, 0.2) is 28.9 Å². The number of anilines is 2. The third-order valence-electron chi connectivity index (χ3n) is 7.92. The van der Waals surface area contributed by atoms with Crippen molar-refractivity contribution in [2.45, 2.75) is 62.1 Å². The Morgan fingerprint density at radius 2 is 1.90 bits per heavy atom. The largest absolute Gasteiger partial charge is 0.472 e. The second-order valence-corrected chi connectivity index (χ2v) is 11.8.